The van der Waals surface area contributed by atoms with Crippen LogP contribution in [0.15, 0.2) is 93.9 Å². The predicted octanol–water partition coefficient (Wildman–Crippen LogP) is 13.7. The number of hydrogen-bond acceptors (Lipinski definition) is 0. The van der Waals surface area contributed by atoms with Crippen LogP contribution in [-0.2, 0) is 13.1 Å². The van der Waals surface area contributed by atoms with E-state index < -0.39 is 0 Å². The minimum atomic E-state index is 0.712. The van der Waals surface area contributed by atoms with Crippen LogP contribution in [0, 0.1) is 0 Å². The highest BCUT2D eigenvalue weighted by Crippen LogP contribution is 2.51. The van der Waals surface area contributed by atoms with Crippen molar-refractivity contribution in [3.8, 4) is 22.3 Å². The molecule has 0 saturated heterocycles. The van der Waals surface area contributed by atoms with Crippen molar-refractivity contribution in [1.29, 1.82) is 0 Å². The molecule has 5 aromatic carbocycles. The zero-order valence-corrected chi connectivity index (χ0v) is 29.4. The maximum atomic E-state index is 6.80. The Kier molecular flexibility index (Phi) is 8.30. The maximum absolute atomic E-state index is 6.80. The highest BCUT2D eigenvalue weighted by atomic mass is 79.9. The van der Waals surface area contributed by atoms with Gasteiger partial charge in [0, 0.05) is 75.8 Å². The molecule has 6 heteroatoms. The third-order valence-corrected chi connectivity index (χ3v) is 10.0. The van der Waals surface area contributed by atoms with Gasteiger partial charge < -0.3 is 9.13 Å². The maximum Gasteiger partial charge on any atom is 0.0585 e. The SMILES string of the molecule is CCCCn1c2ccccc2c2c(-c3cc(Cl)cc(Br)c3)c3c(c(-c4cc(Cl)cc(Br)c4)c21)c1ccccc1n3CCCC. The Morgan fingerprint density at radius 1 is 0.568 bits per heavy atom. The lowest BCUT2D eigenvalue weighted by atomic mass is 9.90. The summed E-state index contributed by atoms with van der Waals surface area (Å²) in [4.78, 5) is 0. The van der Waals surface area contributed by atoms with Gasteiger partial charge in [-0.15, -0.1) is 0 Å². The van der Waals surface area contributed by atoms with E-state index in [9.17, 15) is 0 Å². The molecule has 0 amide bonds. The molecule has 2 heterocycles. The molecule has 0 aliphatic heterocycles. The number of benzene rings is 5. The lowest BCUT2D eigenvalue weighted by Gasteiger charge is -2.19. The Morgan fingerprint density at radius 2 is 0.977 bits per heavy atom. The molecule has 7 aromatic rings. The van der Waals surface area contributed by atoms with E-state index in [0.717, 1.165) is 58.8 Å². The number of hydrogen-bond donors (Lipinski definition) is 0. The molecule has 7 rings (SSSR count). The van der Waals surface area contributed by atoms with Gasteiger partial charge in [0.1, 0.15) is 0 Å². The number of rotatable bonds is 8. The van der Waals surface area contributed by atoms with Gasteiger partial charge in [-0.05, 0) is 72.5 Å². The summed E-state index contributed by atoms with van der Waals surface area (Å²) in [7, 11) is 0. The number of fused-ring (bicyclic) bond motifs is 6. The first-order valence-corrected chi connectivity index (χ1v) is 17.7. The summed E-state index contributed by atoms with van der Waals surface area (Å²) in [5, 5.41) is 6.44. The number of para-hydroxylation sites is 2. The zero-order chi connectivity index (χ0) is 30.5. The Balaban J connectivity index is 1.85. The second kappa shape index (κ2) is 12.2. The molecule has 222 valence electrons. The number of aryl methyl sites for hydroxylation is 2. The van der Waals surface area contributed by atoms with Crippen molar-refractivity contribution in [3.05, 3.63) is 104 Å². The van der Waals surface area contributed by atoms with Crippen LogP contribution in [0.3, 0.4) is 0 Å². The second-order valence-electron chi connectivity index (χ2n) is 11.6. The van der Waals surface area contributed by atoms with E-state index in [2.05, 4.69) is 128 Å². The molecule has 0 unspecified atom stereocenters. The highest BCUT2D eigenvalue weighted by Gasteiger charge is 2.28. The number of unbranched alkanes of at least 4 members (excludes halogenated alkanes) is 2. The van der Waals surface area contributed by atoms with Crippen molar-refractivity contribution in [2.24, 2.45) is 0 Å². The van der Waals surface area contributed by atoms with Crippen LogP contribution >= 0.6 is 55.1 Å². The first kappa shape index (κ1) is 29.9. The second-order valence-corrected chi connectivity index (χ2v) is 14.3. The van der Waals surface area contributed by atoms with E-state index in [4.69, 9.17) is 23.2 Å². The monoisotopic (exact) mass is 744 g/mol. The van der Waals surface area contributed by atoms with E-state index >= 15 is 0 Å². The van der Waals surface area contributed by atoms with Crippen LogP contribution in [0.25, 0.3) is 65.9 Å². The Labute approximate surface area is 284 Å². The summed E-state index contributed by atoms with van der Waals surface area (Å²) in [6, 6.07) is 30.4. The molecule has 0 fully saturated rings. The minimum absolute atomic E-state index is 0.712. The number of nitrogens with zero attached hydrogens (tertiary/aromatic N) is 2. The van der Waals surface area contributed by atoms with Crippen LogP contribution in [0.5, 0.6) is 0 Å². The van der Waals surface area contributed by atoms with Crippen molar-refractivity contribution in [2.75, 3.05) is 0 Å². The van der Waals surface area contributed by atoms with Crippen LogP contribution < -0.4 is 0 Å². The normalized spacial score (nSPS) is 12.0. The first-order chi connectivity index (χ1) is 21.4. The number of halogens is 4. The third-order valence-electron chi connectivity index (χ3n) is 8.69. The smallest absolute Gasteiger partial charge is 0.0585 e. The van der Waals surface area contributed by atoms with Gasteiger partial charge >= 0.3 is 0 Å². The van der Waals surface area contributed by atoms with Crippen molar-refractivity contribution < 1.29 is 0 Å². The van der Waals surface area contributed by atoms with Gasteiger partial charge in [0.15, 0.2) is 0 Å². The molecule has 0 N–H and O–H groups in total. The van der Waals surface area contributed by atoms with E-state index in [1.807, 2.05) is 12.1 Å². The number of aromatic nitrogens is 2. The molecule has 0 aliphatic carbocycles. The zero-order valence-electron chi connectivity index (χ0n) is 24.7. The molecule has 0 radical (unpaired) electrons. The Morgan fingerprint density at radius 3 is 1.36 bits per heavy atom. The lowest BCUT2D eigenvalue weighted by molar-refractivity contribution is 0.664. The van der Waals surface area contributed by atoms with Crippen molar-refractivity contribution in [3.63, 3.8) is 0 Å². The van der Waals surface area contributed by atoms with Gasteiger partial charge in [-0.1, -0.05) is 118 Å². The summed E-state index contributed by atoms with van der Waals surface area (Å²) in [5.74, 6) is 0. The van der Waals surface area contributed by atoms with Gasteiger partial charge in [0.25, 0.3) is 0 Å². The summed E-state index contributed by atoms with van der Waals surface area (Å²) in [6.45, 7) is 6.37. The molecule has 0 spiro atoms. The summed E-state index contributed by atoms with van der Waals surface area (Å²) in [6.07, 6.45) is 4.39. The van der Waals surface area contributed by atoms with E-state index in [-0.39, 0.29) is 0 Å². The minimum Gasteiger partial charge on any atom is -0.340 e. The lowest BCUT2D eigenvalue weighted by Crippen LogP contribution is -2.02. The Hall–Kier alpha value is -2.76. The quantitative estimate of drug-likeness (QED) is 0.147. The summed E-state index contributed by atoms with van der Waals surface area (Å²) in [5.41, 5.74) is 9.64. The molecule has 2 nitrogen and oxygen atoms in total. The highest BCUT2D eigenvalue weighted by molar-refractivity contribution is 9.10. The van der Waals surface area contributed by atoms with Crippen molar-refractivity contribution >= 4 is 98.7 Å². The average molecular weight is 747 g/mol. The van der Waals surface area contributed by atoms with Crippen LogP contribution in [-0.4, -0.2) is 9.13 Å². The fourth-order valence-corrected chi connectivity index (χ4v) is 8.65. The van der Waals surface area contributed by atoms with Gasteiger partial charge in [-0.3, -0.25) is 0 Å². The van der Waals surface area contributed by atoms with Crippen LogP contribution in [0.2, 0.25) is 10.0 Å². The van der Waals surface area contributed by atoms with Crippen LogP contribution in [0.4, 0.5) is 0 Å². The van der Waals surface area contributed by atoms with E-state index in [0.29, 0.717) is 10.0 Å². The van der Waals surface area contributed by atoms with Gasteiger partial charge in [-0.25, -0.2) is 0 Å². The van der Waals surface area contributed by atoms with Crippen LogP contribution in [0.1, 0.15) is 39.5 Å². The standard InChI is InChI=1S/C38H32Br2Cl2N2/c1-3-5-15-43-31-13-9-7-11-29(31)35-34(24-18-26(40)22-28(42)20-24)38-36(30-12-8-10-14-32(30)44(38)16-6-4-2)33(37(35)43)23-17-25(39)21-27(41)19-23/h7-14,17-22H,3-6,15-16H2,1-2H3. The van der Waals surface area contributed by atoms with E-state index in [1.165, 1.54) is 54.7 Å². The molecule has 0 saturated carbocycles. The first-order valence-electron chi connectivity index (χ1n) is 15.3. The summed E-state index contributed by atoms with van der Waals surface area (Å²) >= 11 is 21.1. The van der Waals surface area contributed by atoms with Gasteiger partial charge in [-0.2, -0.15) is 0 Å². The molecule has 0 aliphatic rings. The van der Waals surface area contributed by atoms with E-state index in [1.54, 1.807) is 0 Å². The molecular weight excluding hydrogens is 715 g/mol. The molecular formula is C38H32Br2Cl2N2. The topological polar surface area (TPSA) is 9.86 Å². The van der Waals surface area contributed by atoms with Gasteiger partial charge in [0.2, 0.25) is 0 Å². The van der Waals surface area contributed by atoms with Crippen molar-refractivity contribution in [2.45, 2.75) is 52.6 Å². The molecule has 44 heavy (non-hydrogen) atoms. The molecule has 0 atom stereocenters. The Bertz CT molecular complexity index is 2010. The fourth-order valence-electron chi connectivity index (χ4n) is 6.93. The molecule has 0 bridgehead atoms. The average Bonchev–Trinajstić information content (AvgIpc) is 3.49. The third kappa shape index (κ3) is 4.99. The molecule has 2 aromatic heterocycles. The van der Waals surface area contributed by atoms with Crippen molar-refractivity contribution in [1.82, 2.24) is 9.13 Å². The fraction of sp³-hybridized carbons (Fsp3) is 0.211. The van der Waals surface area contributed by atoms with Gasteiger partial charge in [0.05, 0.1) is 11.0 Å². The largest absolute Gasteiger partial charge is 0.340 e. The summed E-state index contributed by atoms with van der Waals surface area (Å²) < 4.78 is 7.04. The predicted molar refractivity (Wildman–Crippen MR) is 199 cm³/mol.